The molecule has 0 radical (unpaired) electrons. The Morgan fingerprint density at radius 1 is 1.06 bits per heavy atom. The molecule has 1 unspecified atom stereocenters. The van der Waals surface area contributed by atoms with Crippen molar-refractivity contribution in [2.24, 2.45) is 0 Å². The molecule has 2 heteroatoms. The lowest BCUT2D eigenvalue weighted by molar-refractivity contribution is -0.873. The number of hydrogen-bond acceptors (Lipinski definition) is 1. The van der Waals surface area contributed by atoms with Crippen molar-refractivity contribution in [3.05, 3.63) is 35.9 Å². The third-order valence-electron chi connectivity index (χ3n) is 2.45. The summed E-state index contributed by atoms with van der Waals surface area (Å²) in [6, 6.07) is 10.6. The summed E-state index contributed by atoms with van der Waals surface area (Å²) >= 11 is 0. The van der Waals surface area contributed by atoms with Crippen molar-refractivity contribution < 1.29 is 9.59 Å². The van der Waals surface area contributed by atoms with E-state index >= 15 is 0 Å². The summed E-state index contributed by atoms with van der Waals surface area (Å²) in [4.78, 5) is 0. The van der Waals surface area contributed by atoms with Crippen LogP contribution >= 0.6 is 0 Å². The number of benzene rings is 1. The zero-order valence-electron chi connectivity index (χ0n) is 13.1. The fourth-order valence-corrected chi connectivity index (χ4v) is 1.73. The summed E-state index contributed by atoms with van der Waals surface area (Å²) in [7, 11) is 6.19. The fourth-order valence-electron chi connectivity index (χ4n) is 1.73. The van der Waals surface area contributed by atoms with E-state index in [4.69, 9.17) is 5.11 Å². The molecule has 18 heavy (non-hydrogen) atoms. The van der Waals surface area contributed by atoms with E-state index in [1.807, 2.05) is 6.92 Å². The number of nitrogens with zero attached hydrogens (tertiary/aromatic N) is 1. The van der Waals surface area contributed by atoms with Gasteiger partial charge in [0.25, 0.3) is 0 Å². The van der Waals surface area contributed by atoms with Gasteiger partial charge in [-0.1, -0.05) is 51.1 Å². The molecule has 0 heterocycles. The zero-order chi connectivity index (χ0) is 14.4. The van der Waals surface area contributed by atoms with Crippen LogP contribution in [0.2, 0.25) is 0 Å². The van der Waals surface area contributed by atoms with Gasteiger partial charge in [-0.25, -0.2) is 0 Å². The molecule has 0 saturated heterocycles. The van der Waals surface area contributed by atoms with Gasteiger partial charge in [0.05, 0.1) is 21.1 Å². The second-order valence-corrected chi connectivity index (χ2v) is 6.94. The number of aliphatic hydroxyl groups excluding tert-OH is 1. The normalized spacial score (nSPS) is 13.6. The molecular weight excluding hydrogens is 222 g/mol. The Balaban J connectivity index is 0.000000331. The maximum atomic E-state index is 8.87. The van der Waals surface area contributed by atoms with E-state index in [1.165, 1.54) is 5.56 Å². The van der Waals surface area contributed by atoms with Crippen LogP contribution in [0.4, 0.5) is 0 Å². The molecule has 1 aromatic rings. The number of rotatable bonds is 2. The molecule has 0 aliphatic heterocycles. The van der Waals surface area contributed by atoms with E-state index in [0.717, 1.165) is 11.0 Å². The Hall–Kier alpha value is -0.860. The monoisotopic (exact) mass is 252 g/mol. The van der Waals surface area contributed by atoms with Crippen LogP contribution in [0.3, 0.4) is 0 Å². The van der Waals surface area contributed by atoms with E-state index in [0.29, 0.717) is 5.41 Å². The van der Waals surface area contributed by atoms with E-state index in [9.17, 15) is 0 Å². The minimum absolute atomic E-state index is 0.185. The van der Waals surface area contributed by atoms with E-state index in [2.05, 4.69) is 72.2 Å². The summed E-state index contributed by atoms with van der Waals surface area (Å²) in [6.07, 6.45) is -0.185. The molecule has 0 amide bonds. The molecular formula is C16H30NO+. The van der Waals surface area contributed by atoms with Crippen molar-refractivity contribution in [1.82, 2.24) is 0 Å². The van der Waals surface area contributed by atoms with Gasteiger partial charge in [0.15, 0.2) is 0 Å². The zero-order valence-corrected chi connectivity index (χ0v) is 13.1. The molecule has 0 aromatic heterocycles. The van der Waals surface area contributed by atoms with Crippen LogP contribution in [0.15, 0.2) is 30.3 Å². The Labute approximate surface area is 113 Å². The Morgan fingerprint density at radius 3 is 1.67 bits per heavy atom. The van der Waals surface area contributed by atoms with Crippen molar-refractivity contribution >= 4 is 0 Å². The van der Waals surface area contributed by atoms with Gasteiger partial charge in [-0.05, 0) is 17.9 Å². The average Bonchev–Trinajstić information content (AvgIpc) is 2.14. The summed E-state index contributed by atoms with van der Waals surface area (Å²) in [5, 5.41) is 8.87. The molecule has 0 saturated carbocycles. The maximum absolute atomic E-state index is 8.87. The lowest BCUT2D eigenvalue weighted by Crippen LogP contribution is -2.40. The molecule has 1 rings (SSSR count). The second kappa shape index (κ2) is 6.91. The summed E-state index contributed by atoms with van der Waals surface area (Å²) in [5.41, 5.74) is 1.69. The minimum Gasteiger partial charge on any atom is -0.388 e. The lowest BCUT2D eigenvalue weighted by atomic mass is 9.87. The lowest BCUT2D eigenvalue weighted by Gasteiger charge is -2.24. The van der Waals surface area contributed by atoms with E-state index in [1.54, 1.807) is 0 Å². The molecule has 0 spiro atoms. The van der Waals surface area contributed by atoms with Gasteiger partial charge >= 0.3 is 0 Å². The Bertz CT molecular complexity index is 317. The summed E-state index contributed by atoms with van der Waals surface area (Å²) < 4.78 is 0.831. The van der Waals surface area contributed by atoms with Gasteiger partial charge in [0.1, 0.15) is 12.6 Å². The molecule has 0 aliphatic carbocycles. The second-order valence-electron chi connectivity index (χ2n) is 6.94. The number of hydrogen-bond donors (Lipinski definition) is 1. The van der Waals surface area contributed by atoms with Gasteiger partial charge in [0.2, 0.25) is 0 Å². The van der Waals surface area contributed by atoms with Crippen LogP contribution in [-0.4, -0.2) is 43.4 Å². The topological polar surface area (TPSA) is 20.2 Å². The predicted molar refractivity (Wildman–Crippen MR) is 79.7 cm³/mol. The van der Waals surface area contributed by atoms with Crippen molar-refractivity contribution in [3.63, 3.8) is 0 Å². The number of aliphatic hydroxyl groups is 1. The third-order valence-corrected chi connectivity index (χ3v) is 2.45. The SMILES string of the molecule is CC(C)(C)c1ccccc1.CC(O)C[N+](C)(C)C. The summed E-state index contributed by atoms with van der Waals surface area (Å²) in [5.74, 6) is 0. The largest absolute Gasteiger partial charge is 0.388 e. The van der Waals surface area contributed by atoms with Crippen molar-refractivity contribution in [1.29, 1.82) is 0 Å². The quantitative estimate of drug-likeness (QED) is 0.802. The standard InChI is InChI=1S/C10H14.C6H16NO/c1-10(2,3)9-7-5-4-6-8-9;1-6(8)5-7(2,3)4/h4-8H,1-3H3;6,8H,5H2,1-4H3/q;+1. The molecule has 0 fully saturated rings. The summed E-state index contributed by atoms with van der Waals surface area (Å²) in [6.45, 7) is 9.30. The maximum Gasteiger partial charge on any atom is 0.104 e. The van der Waals surface area contributed by atoms with Crippen LogP contribution in [0.5, 0.6) is 0 Å². The fraction of sp³-hybridized carbons (Fsp3) is 0.625. The average molecular weight is 252 g/mol. The highest BCUT2D eigenvalue weighted by atomic mass is 16.3. The van der Waals surface area contributed by atoms with Crippen molar-refractivity contribution in [3.8, 4) is 0 Å². The highest BCUT2D eigenvalue weighted by Crippen LogP contribution is 2.20. The van der Waals surface area contributed by atoms with Gasteiger partial charge in [-0.15, -0.1) is 0 Å². The smallest absolute Gasteiger partial charge is 0.104 e. The molecule has 1 N–H and O–H groups in total. The number of likely N-dealkylation sites (N-methyl/N-ethyl adjacent to an activating group) is 1. The first-order valence-corrected chi connectivity index (χ1v) is 6.56. The molecule has 104 valence electrons. The third kappa shape index (κ3) is 9.20. The first kappa shape index (κ1) is 17.1. The molecule has 2 nitrogen and oxygen atoms in total. The Morgan fingerprint density at radius 2 is 1.50 bits per heavy atom. The van der Waals surface area contributed by atoms with E-state index in [-0.39, 0.29) is 6.10 Å². The first-order chi connectivity index (χ1) is 8.02. The van der Waals surface area contributed by atoms with Gasteiger partial charge in [0, 0.05) is 0 Å². The highest BCUT2D eigenvalue weighted by Gasteiger charge is 2.11. The van der Waals surface area contributed by atoms with Crippen LogP contribution in [-0.2, 0) is 5.41 Å². The minimum atomic E-state index is -0.185. The highest BCUT2D eigenvalue weighted by molar-refractivity contribution is 5.21. The van der Waals surface area contributed by atoms with Crippen LogP contribution in [0.25, 0.3) is 0 Å². The molecule has 0 aliphatic rings. The van der Waals surface area contributed by atoms with Crippen molar-refractivity contribution in [2.45, 2.75) is 39.2 Å². The predicted octanol–water partition coefficient (Wildman–Crippen LogP) is 3.06. The molecule has 0 bridgehead atoms. The molecule has 1 aromatic carbocycles. The van der Waals surface area contributed by atoms with Gasteiger partial charge in [-0.2, -0.15) is 0 Å². The van der Waals surface area contributed by atoms with Gasteiger partial charge in [-0.3, -0.25) is 0 Å². The Kier molecular flexibility index (Phi) is 6.58. The van der Waals surface area contributed by atoms with Crippen LogP contribution in [0.1, 0.15) is 33.3 Å². The van der Waals surface area contributed by atoms with Crippen molar-refractivity contribution in [2.75, 3.05) is 27.7 Å². The number of quaternary nitrogens is 1. The first-order valence-electron chi connectivity index (χ1n) is 6.56. The van der Waals surface area contributed by atoms with Gasteiger partial charge < -0.3 is 9.59 Å². The van der Waals surface area contributed by atoms with Crippen LogP contribution < -0.4 is 0 Å². The van der Waals surface area contributed by atoms with E-state index < -0.39 is 0 Å². The van der Waals surface area contributed by atoms with Crippen LogP contribution in [0, 0.1) is 0 Å². The molecule has 1 atom stereocenters.